The highest BCUT2D eigenvalue weighted by Crippen LogP contribution is 2.44. The van der Waals surface area contributed by atoms with E-state index in [1.165, 1.54) is 25.3 Å². The van der Waals surface area contributed by atoms with E-state index in [0.717, 1.165) is 6.07 Å². The first kappa shape index (κ1) is 26.0. The number of hydrogen-bond donors (Lipinski definition) is 2. The Morgan fingerprint density at radius 1 is 1.28 bits per heavy atom. The fraction of sp³-hybridized carbons (Fsp3) is 0.417. The van der Waals surface area contributed by atoms with Gasteiger partial charge in [0.05, 0.1) is 29.9 Å². The van der Waals surface area contributed by atoms with Crippen molar-refractivity contribution < 1.29 is 27.3 Å². The average molecular weight is 521 g/mol. The summed E-state index contributed by atoms with van der Waals surface area (Å²) in [6, 6.07) is 4.35. The summed E-state index contributed by atoms with van der Waals surface area (Å²) in [4.78, 5) is 25.0. The minimum atomic E-state index is -4.14. The third-order valence-electron chi connectivity index (χ3n) is 6.11. The molecular weight excluding hydrogens is 494 g/mol. The van der Waals surface area contributed by atoms with E-state index in [0.29, 0.717) is 53.4 Å². The van der Waals surface area contributed by atoms with Gasteiger partial charge in [0.25, 0.3) is 0 Å². The van der Waals surface area contributed by atoms with Gasteiger partial charge in [0.1, 0.15) is 30.0 Å². The molecule has 192 valence electrons. The smallest absolute Gasteiger partial charge is 0.382 e. The number of hydrogen-bond acceptors (Lipinski definition) is 8. The minimum Gasteiger partial charge on any atom is -0.461 e. The van der Waals surface area contributed by atoms with Gasteiger partial charge >= 0.3 is 11.9 Å². The van der Waals surface area contributed by atoms with Crippen LogP contribution in [0.25, 0.3) is 10.9 Å². The summed E-state index contributed by atoms with van der Waals surface area (Å²) in [5.74, 6) is -6.42. The van der Waals surface area contributed by atoms with Crippen LogP contribution in [-0.4, -0.2) is 52.9 Å². The molecule has 3 aromatic rings. The fourth-order valence-electron chi connectivity index (χ4n) is 4.20. The largest absolute Gasteiger partial charge is 0.461 e. The zero-order valence-corrected chi connectivity index (χ0v) is 21.0. The predicted molar refractivity (Wildman–Crippen MR) is 131 cm³/mol. The average Bonchev–Trinajstić information content (AvgIpc) is 2.84. The molecule has 1 atom stereocenters. The van der Waals surface area contributed by atoms with Gasteiger partial charge in [-0.15, -0.1) is 0 Å². The molecule has 0 spiro atoms. The number of aryl methyl sites for hydroxylation is 1. The maximum absolute atomic E-state index is 15.3. The molecule has 0 radical (unpaired) electrons. The Balaban J connectivity index is 1.71. The number of nitrogens with zero attached hydrogens (tertiary/aromatic N) is 3. The number of nitrogens with one attached hydrogen (secondary N) is 2. The standard InChI is InChI=1S/C24H27F3N5O3P/c1-4-35-23(33)24(26,27)18-7-5-6-16(21(18)25)14(2)30-22-17-12-20(36(34)10-8-28-9-11-36)29-13-19(17)31-15(3)32-22/h5-7,12-14,28H,4,8-11H2,1-3H3,(H,30,31,32)/t14-/m1/s1. The van der Waals surface area contributed by atoms with Crippen LogP contribution in [0.3, 0.4) is 0 Å². The van der Waals surface area contributed by atoms with Gasteiger partial charge < -0.3 is 19.9 Å². The highest BCUT2D eigenvalue weighted by Gasteiger charge is 2.45. The van der Waals surface area contributed by atoms with E-state index in [1.54, 1.807) is 19.9 Å². The molecule has 4 rings (SSSR count). The molecule has 3 heterocycles. The molecule has 0 unspecified atom stereocenters. The van der Waals surface area contributed by atoms with Crippen molar-refractivity contribution in [3.63, 3.8) is 0 Å². The van der Waals surface area contributed by atoms with Crippen molar-refractivity contribution in [1.29, 1.82) is 0 Å². The number of rotatable bonds is 7. The van der Waals surface area contributed by atoms with E-state index >= 15 is 4.39 Å². The number of fused-ring (bicyclic) bond motifs is 1. The molecule has 1 aliphatic rings. The van der Waals surface area contributed by atoms with Gasteiger partial charge in [-0.2, -0.15) is 8.78 Å². The van der Waals surface area contributed by atoms with Crippen molar-refractivity contribution in [3.05, 3.63) is 53.2 Å². The van der Waals surface area contributed by atoms with Crippen LogP contribution in [-0.2, 0) is 20.0 Å². The highest BCUT2D eigenvalue weighted by atomic mass is 31.2. The molecule has 0 bridgehead atoms. The molecule has 2 aromatic heterocycles. The Labute approximate surface area is 206 Å². The van der Waals surface area contributed by atoms with Crippen molar-refractivity contribution in [1.82, 2.24) is 20.3 Å². The van der Waals surface area contributed by atoms with Crippen LogP contribution in [0.4, 0.5) is 19.0 Å². The van der Waals surface area contributed by atoms with Gasteiger partial charge in [0, 0.05) is 36.4 Å². The second kappa shape index (κ2) is 10.1. The van der Waals surface area contributed by atoms with Crippen molar-refractivity contribution in [2.75, 3.05) is 37.3 Å². The zero-order chi connectivity index (χ0) is 26.1. The Bertz CT molecular complexity index is 1340. The van der Waals surface area contributed by atoms with Crippen LogP contribution in [0.2, 0.25) is 0 Å². The molecule has 8 nitrogen and oxygen atoms in total. The van der Waals surface area contributed by atoms with E-state index in [-0.39, 0.29) is 12.2 Å². The van der Waals surface area contributed by atoms with Gasteiger partial charge in [0.15, 0.2) is 0 Å². The summed E-state index contributed by atoms with van der Waals surface area (Å²) in [5, 5.41) is 6.81. The lowest BCUT2D eigenvalue weighted by Crippen LogP contribution is -2.33. The summed E-state index contributed by atoms with van der Waals surface area (Å²) in [6.07, 6.45) is 2.52. The Morgan fingerprint density at radius 2 is 2.00 bits per heavy atom. The van der Waals surface area contributed by atoms with Crippen LogP contribution in [0, 0.1) is 12.7 Å². The topological polar surface area (TPSA) is 106 Å². The summed E-state index contributed by atoms with van der Waals surface area (Å²) in [7, 11) is -2.69. The lowest BCUT2D eigenvalue weighted by molar-refractivity contribution is -0.173. The number of anilines is 1. The quantitative estimate of drug-likeness (QED) is 0.356. The molecule has 1 saturated heterocycles. The van der Waals surface area contributed by atoms with Gasteiger partial charge in [-0.25, -0.2) is 19.2 Å². The van der Waals surface area contributed by atoms with E-state index in [9.17, 15) is 18.1 Å². The first-order chi connectivity index (χ1) is 17.1. The summed E-state index contributed by atoms with van der Waals surface area (Å²) in [6.45, 7) is 5.67. The fourth-order valence-corrected chi connectivity index (χ4v) is 6.55. The Kier molecular flexibility index (Phi) is 7.33. The normalized spacial score (nSPS) is 16.5. The van der Waals surface area contributed by atoms with Crippen LogP contribution < -0.4 is 16.1 Å². The SMILES string of the molecule is CCOC(=O)C(F)(F)c1cccc([C@@H](C)Nc2nc(C)nc3cnc(P4(=O)CCNCC4)cc23)c1F. The molecule has 0 aliphatic carbocycles. The van der Waals surface area contributed by atoms with E-state index < -0.39 is 36.5 Å². The molecule has 12 heteroatoms. The van der Waals surface area contributed by atoms with Crippen molar-refractivity contribution in [3.8, 4) is 0 Å². The summed E-state index contributed by atoms with van der Waals surface area (Å²) in [5.41, 5.74) is -0.166. The number of ether oxygens (including phenoxy) is 1. The molecule has 0 saturated carbocycles. The first-order valence-corrected chi connectivity index (χ1v) is 13.7. The zero-order valence-electron chi connectivity index (χ0n) is 20.1. The number of carbonyl (C=O) groups excluding carboxylic acids is 1. The van der Waals surface area contributed by atoms with Gasteiger partial charge in [-0.3, -0.25) is 4.98 Å². The lowest BCUT2D eigenvalue weighted by Gasteiger charge is -2.24. The van der Waals surface area contributed by atoms with Crippen molar-refractivity contribution in [2.45, 2.75) is 32.7 Å². The molecule has 1 fully saturated rings. The maximum Gasteiger partial charge on any atom is 0.382 e. The number of benzene rings is 1. The van der Waals surface area contributed by atoms with Crippen LogP contribution in [0.1, 0.15) is 36.8 Å². The van der Waals surface area contributed by atoms with Gasteiger partial charge in [0.2, 0.25) is 0 Å². The third kappa shape index (κ3) is 4.95. The number of halogens is 3. The number of carbonyl (C=O) groups is 1. The predicted octanol–water partition coefficient (Wildman–Crippen LogP) is 3.89. The number of aromatic nitrogens is 3. The second-order valence-corrected chi connectivity index (χ2v) is 11.8. The molecule has 1 aliphatic heterocycles. The Hall–Kier alpha value is -3.04. The first-order valence-electron chi connectivity index (χ1n) is 11.6. The van der Waals surface area contributed by atoms with Gasteiger partial charge in [-0.05, 0) is 32.9 Å². The van der Waals surface area contributed by atoms with E-state index in [2.05, 4.69) is 30.3 Å². The molecule has 0 amide bonds. The van der Waals surface area contributed by atoms with Crippen molar-refractivity contribution >= 4 is 35.3 Å². The minimum absolute atomic E-state index is 0.0821. The maximum atomic E-state index is 15.3. The van der Waals surface area contributed by atoms with E-state index in [1.807, 2.05) is 0 Å². The van der Waals surface area contributed by atoms with Crippen molar-refractivity contribution in [2.24, 2.45) is 0 Å². The lowest BCUT2D eigenvalue weighted by atomic mass is 10.00. The van der Waals surface area contributed by atoms with Gasteiger partial charge in [-0.1, -0.05) is 12.1 Å². The molecule has 36 heavy (non-hydrogen) atoms. The number of alkyl halides is 2. The van der Waals surface area contributed by atoms with E-state index in [4.69, 9.17) is 0 Å². The highest BCUT2D eigenvalue weighted by molar-refractivity contribution is 7.71. The second-order valence-electron chi connectivity index (χ2n) is 8.64. The summed E-state index contributed by atoms with van der Waals surface area (Å²) < 4.78 is 62.3. The molecular formula is C24H27F3N5O3P. The molecule has 1 aromatic carbocycles. The molecule has 2 N–H and O–H groups in total. The third-order valence-corrected chi connectivity index (χ3v) is 9.09. The van der Waals surface area contributed by atoms with Crippen LogP contribution in [0.5, 0.6) is 0 Å². The summed E-state index contributed by atoms with van der Waals surface area (Å²) >= 11 is 0. The number of esters is 1. The van der Waals surface area contributed by atoms with Crippen LogP contribution >= 0.6 is 7.14 Å². The number of pyridine rings is 1. The van der Waals surface area contributed by atoms with Crippen LogP contribution in [0.15, 0.2) is 30.5 Å². The monoisotopic (exact) mass is 521 g/mol. The Morgan fingerprint density at radius 3 is 2.69 bits per heavy atom.